The van der Waals surface area contributed by atoms with Gasteiger partial charge in [-0.3, -0.25) is 0 Å². The summed E-state index contributed by atoms with van der Waals surface area (Å²) in [6.45, 7) is 0.243. The maximum absolute atomic E-state index is 13.1. The van der Waals surface area contributed by atoms with E-state index in [1.807, 2.05) is 30.3 Å². The molecule has 18 heavy (non-hydrogen) atoms. The Bertz CT molecular complexity index is 518. The van der Waals surface area contributed by atoms with Gasteiger partial charge in [-0.15, -0.1) is 0 Å². The third-order valence-corrected chi connectivity index (χ3v) is 2.87. The molecular weight excluding hydrogens is 253 g/mol. The highest BCUT2D eigenvalue weighted by atomic mass is 35.5. The third kappa shape index (κ3) is 3.22. The predicted octanol–water partition coefficient (Wildman–Crippen LogP) is 3.56. The van der Waals surface area contributed by atoms with Crippen LogP contribution in [0.15, 0.2) is 48.5 Å². The summed E-state index contributed by atoms with van der Waals surface area (Å²) in [6, 6.07) is 13.0. The van der Waals surface area contributed by atoms with E-state index in [-0.39, 0.29) is 12.4 Å². The molecule has 2 rings (SSSR count). The average Bonchev–Trinajstić information content (AvgIpc) is 2.40. The molecule has 0 heterocycles. The maximum atomic E-state index is 13.1. The fraction of sp³-hybridized carbons (Fsp3) is 0.143. The monoisotopic (exact) mass is 265 g/mol. The van der Waals surface area contributed by atoms with Gasteiger partial charge in [0, 0.05) is 5.02 Å². The molecule has 2 nitrogen and oxygen atoms in total. The Hall–Kier alpha value is -1.58. The summed E-state index contributed by atoms with van der Waals surface area (Å²) in [4.78, 5) is 0. The first-order chi connectivity index (χ1) is 8.66. The minimum Gasteiger partial charge on any atom is -0.492 e. The zero-order valence-electron chi connectivity index (χ0n) is 9.64. The van der Waals surface area contributed by atoms with Crippen molar-refractivity contribution in [2.45, 2.75) is 6.04 Å². The van der Waals surface area contributed by atoms with Crippen LogP contribution in [0.25, 0.3) is 0 Å². The van der Waals surface area contributed by atoms with Gasteiger partial charge in [-0.05, 0) is 35.9 Å². The van der Waals surface area contributed by atoms with E-state index in [4.69, 9.17) is 22.1 Å². The number of benzene rings is 2. The van der Waals surface area contributed by atoms with Gasteiger partial charge in [-0.1, -0.05) is 29.8 Å². The van der Waals surface area contributed by atoms with E-state index in [2.05, 4.69) is 0 Å². The van der Waals surface area contributed by atoms with Gasteiger partial charge >= 0.3 is 0 Å². The second kappa shape index (κ2) is 5.85. The summed E-state index contributed by atoms with van der Waals surface area (Å²) < 4.78 is 18.6. The molecule has 1 unspecified atom stereocenters. The van der Waals surface area contributed by atoms with Gasteiger partial charge in [0.05, 0.1) is 6.04 Å². The molecule has 0 aromatic heterocycles. The van der Waals surface area contributed by atoms with Gasteiger partial charge in [0.1, 0.15) is 18.2 Å². The Balaban J connectivity index is 2.03. The molecule has 2 aromatic rings. The van der Waals surface area contributed by atoms with Crippen molar-refractivity contribution < 1.29 is 9.13 Å². The Morgan fingerprint density at radius 1 is 1.17 bits per heavy atom. The minimum atomic E-state index is -0.464. The lowest BCUT2D eigenvalue weighted by Crippen LogP contribution is -2.19. The van der Waals surface area contributed by atoms with E-state index in [1.54, 1.807) is 0 Å². The Morgan fingerprint density at radius 2 is 1.89 bits per heavy atom. The molecule has 2 aromatic carbocycles. The lowest BCUT2D eigenvalue weighted by Gasteiger charge is -2.15. The molecule has 0 fully saturated rings. The van der Waals surface area contributed by atoms with Gasteiger partial charge in [0.25, 0.3) is 0 Å². The fourth-order valence-electron chi connectivity index (χ4n) is 1.59. The normalized spacial score (nSPS) is 12.2. The molecule has 0 aliphatic rings. The van der Waals surface area contributed by atoms with Gasteiger partial charge in [0.15, 0.2) is 0 Å². The van der Waals surface area contributed by atoms with Crippen molar-refractivity contribution in [2.75, 3.05) is 6.61 Å². The van der Waals surface area contributed by atoms with Crippen molar-refractivity contribution in [1.82, 2.24) is 0 Å². The lowest BCUT2D eigenvalue weighted by atomic mass is 10.1. The number of rotatable bonds is 4. The molecule has 0 bridgehead atoms. The molecule has 0 saturated carbocycles. The number of hydrogen-bond donors (Lipinski definition) is 1. The number of hydrogen-bond acceptors (Lipinski definition) is 2. The fourth-order valence-corrected chi connectivity index (χ4v) is 1.85. The predicted molar refractivity (Wildman–Crippen MR) is 70.3 cm³/mol. The van der Waals surface area contributed by atoms with Crippen LogP contribution in [0.1, 0.15) is 11.6 Å². The van der Waals surface area contributed by atoms with E-state index in [0.29, 0.717) is 10.6 Å². The van der Waals surface area contributed by atoms with Crippen LogP contribution in [0.4, 0.5) is 4.39 Å². The quantitative estimate of drug-likeness (QED) is 0.917. The average molecular weight is 266 g/mol. The summed E-state index contributed by atoms with van der Waals surface area (Å²) in [6.07, 6.45) is 0. The zero-order chi connectivity index (χ0) is 13.0. The van der Waals surface area contributed by atoms with Crippen molar-refractivity contribution in [3.05, 3.63) is 64.9 Å². The summed E-state index contributed by atoms with van der Waals surface area (Å²) in [5.41, 5.74) is 6.49. The molecule has 0 aliphatic heterocycles. The molecule has 0 amide bonds. The highest BCUT2D eigenvalue weighted by Gasteiger charge is 2.12. The number of halogens is 2. The zero-order valence-corrected chi connectivity index (χ0v) is 10.4. The van der Waals surface area contributed by atoms with Crippen LogP contribution in [0.3, 0.4) is 0 Å². The van der Waals surface area contributed by atoms with Gasteiger partial charge < -0.3 is 10.5 Å². The minimum absolute atomic E-state index is 0.243. The van der Waals surface area contributed by atoms with Crippen LogP contribution in [0.2, 0.25) is 5.02 Å². The molecule has 2 N–H and O–H groups in total. The molecule has 1 atom stereocenters. The summed E-state index contributed by atoms with van der Waals surface area (Å²) in [5, 5.41) is 0.445. The first-order valence-corrected chi connectivity index (χ1v) is 5.93. The lowest BCUT2D eigenvalue weighted by molar-refractivity contribution is 0.290. The Morgan fingerprint density at radius 3 is 2.61 bits per heavy atom. The molecule has 0 saturated heterocycles. The number of para-hydroxylation sites is 1. The molecule has 0 spiro atoms. The Labute approximate surface area is 110 Å². The van der Waals surface area contributed by atoms with Crippen molar-refractivity contribution in [1.29, 1.82) is 0 Å². The maximum Gasteiger partial charge on any atom is 0.123 e. The molecule has 94 valence electrons. The van der Waals surface area contributed by atoms with Crippen LogP contribution >= 0.6 is 11.6 Å². The van der Waals surface area contributed by atoms with Crippen molar-refractivity contribution in [3.63, 3.8) is 0 Å². The smallest absolute Gasteiger partial charge is 0.123 e. The van der Waals surface area contributed by atoms with E-state index < -0.39 is 6.04 Å². The van der Waals surface area contributed by atoms with Crippen LogP contribution < -0.4 is 10.5 Å². The summed E-state index contributed by atoms with van der Waals surface area (Å²) in [7, 11) is 0. The highest BCUT2D eigenvalue weighted by Crippen LogP contribution is 2.23. The van der Waals surface area contributed by atoms with E-state index in [9.17, 15) is 4.39 Å². The van der Waals surface area contributed by atoms with Gasteiger partial charge in [-0.2, -0.15) is 0 Å². The van der Waals surface area contributed by atoms with Crippen LogP contribution in [-0.2, 0) is 0 Å². The van der Waals surface area contributed by atoms with Crippen LogP contribution in [0, 0.1) is 5.82 Å². The second-order valence-electron chi connectivity index (χ2n) is 3.90. The molecule has 0 aliphatic carbocycles. The largest absolute Gasteiger partial charge is 0.492 e. The molecule has 4 heteroatoms. The van der Waals surface area contributed by atoms with Crippen molar-refractivity contribution >= 4 is 11.6 Å². The topological polar surface area (TPSA) is 35.2 Å². The van der Waals surface area contributed by atoms with Crippen molar-refractivity contribution in [2.24, 2.45) is 5.73 Å². The molecule has 0 radical (unpaired) electrons. The van der Waals surface area contributed by atoms with E-state index in [1.165, 1.54) is 18.2 Å². The second-order valence-corrected chi connectivity index (χ2v) is 4.30. The third-order valence-electron chi connectivity index (χ3n) is 2.53. The first-order valence-electron chi connectivity index (χ1n) is 5.55. The number of nitrogens with two attached hydrogens (primary N) is 1. The number of ether oxygens (including phenoxy) is 1. The van der Waals surface area contributed by atoms with E-state index >= 15 is 0 Å². The van der Waals surface area contributed by atoms with E-state index in [0.717, 1.165) is 5.75 Å². The SMILES string of the molecule is NC(COc1ccccc1)c1cc(F)ccc1Cl. The molecular formula is C14H13ClFNO. The standard InChI is InChI=1S/C14H13ClFNO/c15-13-7-6-10(16)8-12(13)14(17)9-18-11-4-2-1-3-5-11/h1-8,14H,9,17H2. The first kappa shape index (κ1) is 12.9. The van der Waals surface area contributed by atoms with Crippen LogP contribution in [0.5, 0.6) is 5.75 Å². The highest BCUT2D eigenvalue weighted by molar-refractivity contribution is 6.31. The van der Waals surface area contributed by atoms with Crippen molar-refractivity contribution in [3.8, 4) is 5.75 Å². The van der Waals surface area contributed by atoms with Gasteiger partial charge in [0.2, 0.25) is 0 Å². The Kier molecular flexibility index (Phi) is 4.18. The van der Waals surface area contributed by atoms with Crippen LogP contribution in [-0.4, -0.2) is 6.61 Å². The van der Waals surface area contributed by atoms with Gasteiger partial charge in [-0.25, -0.2) is 4.39 Å². The summed E-state index contributed by atoms with van der Waals surface area (Å²) >= 11 is 5.97. The summed E-state index contributed by atoms with van der Waals surface area (Å²) in [5.74, 6) is 0.366.